The molecule has 33 heavy (non-hydrogen) atoms. The fourth-order valence-electron chi connectivity index (χ4n) is 2.33. The fourth-order valence-corrected chi connectivity index (χ4v) is 3.68. The van der Waals surface area contributed by atoms with E-state index >= 15 is 0 Å². The second-order valence-electron chi connectivity index (χ2n) is 6.37. The highest BCUT2D eigenvalue weighted by atomic mass is 79.9. The summed E-state index contributed by atoms with van der Waals surface area (Å²) in [7, 11) is -12.8. The predicted molar refractivity (Wildman–Crippen MR) is 106 cm³/mol. The lowest BCUT2D eigenvalue weighted by atomic mass is 10.1. The minimum atomic E-state index is -6.39. The molecule has 0 bridgehead atoms. The number of hydrogen-bond donors (Lipinski definition) is 0. The quantitative estimate of drug-likeness (QED) is 0.253. The van der Waals surface area contributed by atoms with E-state index in [1.165, 1.54) is 0 Å². The Morgan fingerprint density at radius 3 is 1.67 bits per heavy atom. The number of para-hydroxylation sites is 1. The van der Waals surface area contributed by atoms with E-state index in [0.29, 0.717) is 29.0 Å². The van der Waals surface area contributed by atoms with Crippen LogP contribution in [0.15, 0.2) is 34.8 Å². The Balaban J connectivity index is 2.54. The first kappa shape index (κ1) is 27.0. The Hall–Kier alpha value is -2.20. The molecule has 0 aliphatic heterocycles. The monoisotopic (exact) mass is 586 g/mol. The summed E-state index contributed by atoms with van der Waals surface area (Å²) in [6, 6.07) is 6.17. The zero-order chi connectivity index (χ0) is 25.4. The Morgan fingerprint density at radius 1 is 0.818 bits per heavy atom. The maximum Gasteiger partial charge on any atom is 0.534 e. The summed E-state index contributed by atoms with van der Waals surface area (Å²) < 4.78 is 135. The summed E-state index contributed by atoms with van der Waals surface area (Å²) in [6.45, 7) is 2.97. The second-order valence-corrected chi connectivity index (χ2v) is 10.3. The average Bonchev–Trinajstić information content (AvgIpc) is 2.62. The lowest BCUT2D eigenvalue weighted by Crippen LogP contribution is -2.30. The van der Waals surface area contributed by atoms with Gasteiger partial charge in [0.05, 0.1) is 0 Å². The minimum Gasteiger partial charge on any atom is -0.488 e. The maximum absolute atomic E-state index is 12.7. The molecular formula is C17H13BrF6O7S2. The zero-order valence-electron chi connectivity index (χ0n) is 16.4. The van der Waals surface area contributed by atoms with E-state index in [-0.39, 0.29) is 10.0 Å². The van der Waals surface area contributed by atoms with Crippen molar-refractivity contribution in [3.8, 4) is 17.2 Å². The number of aryl methyl sites for hydroxylation is 2. The molecule has 184 valence electrons. The Bertz CT molecular complexity index is 1240. The van der Waals surface area contributed by atoms with Crippen molar-refractivity contribution in [2.24, 2.45) is 0 Å². The first-order chi connectivity index (χ1) is 14.9. The van der Waals surface area contributed by atoms with Crippen LogP contribution in [0.25, 0.3) is 0 Å². The van der Waals surface area contributed by atoms with Crippen LogP contribution in [0.3, 0.4) is 0 Å². The first-order valence-electron chi connectivity index (χ1n) is 8.38. The fraction of sp³-hybridized carbons (Fsp3) is 0.294. The lowest BCUT2D eigenvalue weighted by molar-refractivity contribution is -0.0513. The van der Waals surface area contributed by atoms with Gasteiger partial charge in [-0.2, -0.15) is 43.2 Å². The molecule has 0 radical (unpaired) electrons. The molecule has 0 aliphatic rings. The van der Waals surface area contributed by atoms with Crippen molar-refractivity contribution in [2.75, 3.05) is 0 Å². The highest BCUT2D eigenvalue weighted by molar-refractivity contribution is 9.10. The van der Waals surface area contributed by atoms with Crippen LogP contribution in [0, 0.1) is 13.8 Å². The summed E-state index contributed by atoms with van der Waals surface area (Å²) in [6.07, 6.45) is 0. The van der Waals surface area contributed by atoms with Gasteiger partial charge in [0.25, 0.3) is 0 Å². The Labute approximate surface area is 192 Å². The largest absolute Gasteiger partial charge is 0.534 e. The normalized spacial score (nSPS) is 13.0. The van der Waals surface area contributed by atoms with Crippen LogP contribution < -0.4 is 13.1 Å². The van der Waals surface area contributed by atoms with E-state index in [9.17, 15) is 43.2 Å². The Morgan fingerprint density at radius 2 is 1.24 bits per heavy atom. The van der Waals surface area contributed by atoms with Gasteiger partial charge in [0.1, 0.15) is 12.4 Å². The van der Waals surface area contributed by atoms with Gasteiger partial charge in [0.15, 0.2) is 11.5 Å². The van der Waals surface area contributed by atoms with Gasteiger partial charge in [-0.1, -0.05) is 34.1 Å². The van der Waals surface area contributed by atoms with Gasteiger partial charge in [0.2, 0.25) is 0 Å². The molecule has 0 aliphatic carbocycles. The van der Waals surface area contributed by atoms with Gasteiger partial charge in [-0.15, -0.1) is 0 Å². The summed E-state index contributed by atoms with van der Waals surface area (Å²) in [4.78, 5) is 0. The summed E-state index contributed by atoms with van der Waals surface area (Å²) in [5.74, 6) is -2.53. The van der Waals surface area contributed by atoms with E-state index in [4.69, 9.17) is 4.74 Å². The first-order valence-corrected chi connectivity index (χ1v) is 12.0. The van der Waals surface area contributed by atoms with E-state index in [1.807, 2.05) is 0 Å². The maximum atomic E-state index is 12.7. The molecule has 2 rings (SSSR count). The van der Waals surface area contributed by atoms with Gasteiger partial charge in [-0.3, -0.25) is 0 Å². The lowest BCUT2D eigenvalue weighted by Gasteiger charge is -2.17. The van der Waals surface area contributed by atoms with Gasteiger partial charge in [0, 0.05) is 16.1 Å². The molecule has 0 saturated carbocycles. The third-order valence-electron chi connectivity index (χ3n) is 3.86. The van der Waals surface area contributed by atoms with Crippen molar-refractivity contribution in [2.45, 2.75) is 31.5 Å². The number of rotatable bonds is 7. The van der Waals surface area contributed by atoms with Crippen LogP contribution in [0.2, 0.25) is 0 Å². The number of alkyl halides is 6. The number of halogens is 7. The number of ether oxygens (including phenoxy) is 1. The van der Waals surface area contributed by atoms with Gasteiger partial charge < -0.3 is 13.1 Å². The molecule has 0 heterocycles. The zero-order valence-corrected chi connectivity index (χ0v) is 19.6. The molecule has 0 atom stereocenters. The van der Waals surface area contributed by atoms with Gasteiger partial charge in [-0.25, -0.2) is 0 Å². The molecule has 2 aromatic rings. The smallest absolute Gasteiger partial charge is 0.488 e. The van der Waals surface area contributed by atoms with E-state index in [0.717, 1.165) is 0 Å². The van der Waals surface area contributed by atoms with E-state index in [1.54, 1.807) is 32.0 Å². The highest BCUT2D eigenvalue weighted by Gasteiger charge is 2.51. The van der Waals surface area contributed by atoms with Crippen molar-refractivity contribution in [3.05, 3.63) is 51.5 Å². The van der Waals surface area contributed by atoms with Crippen LogP contribution in [0.5, 0.6) is 17.2 Å². The second kappa shape index (κ2) is 9.21. The molecule has 7 nitrogen and oxygen atoms in total. The number of hydrogen-bond acceptors (Lipinski definition) is 7. The van der Waals surface area contributed by atoms with Crippen molar-refractivity contribution >= 4 is 36.2 Å². The van der Waals surface area contributed by atoms with Gasteiger partial charge in [-0.05, 0) is 31.0 Å². The summed E-state index contributed by atoms with van der Waals surface area (Å²) in [5, 5.41) is 0. The predicted octanol–water partition coefficient (Wildman–Crippen LogP) is 5.10. The van der Waals surface area contributed by atoms with E-state index in [2.05, 4.69) is 24.3 Å². The molecule has 0 saturated heterocycles. The van der Waals surface area contributed by atoms with Crippen molar-refractivity contribution in [3.63, 3.8) is 0 Å². The average molecular weight is 587 g/mol. The van der Waals surface area contributed by atoms with Crippen LogP contribution in [0.1, 0.15) is 16.7 Å². The number of benzene rings is 2. The van der Waals surface area contributed by atoms with Crippen LogP contribution >= 0.6 is 15.9 Å². The molecule has 0 aromatic heterocycles. The van der Waals surface area contributed by atoms with Crippen molar-refractivity contribution in [1.82, 2.24) is 0 Å². The van der Waals surface area contributed by atoms with E-state index < -0.39 is 49.4 Å². The Kier molecular flexibility index (Phi) is 7.55. The summed E-state index contributed by atoms with van der Waals surface area (Å²) >= 11 is 2.91. The molecule has 0 N–H and O–H groups in total. The van der Waals surface area contributed by atoms with Crippen LogP contribution in [0.4, 0.5) is 26.3 Å². The third kappa shape index (κ3) is 6.23. The molecule has 0 amide bonds. The van der Waals surface area contributed by atoms with Crippen molar-refractivity contribution < 1.29 is 56.3 Å². The standard InChI is InChI=1S/C17H13BrF6O7S2/c1-9-4-3-5-10(2)15(9)29-8-11-6-13(30-32(25,26)16(19,20)21)14(7-12(11)18)31-33(27,28)17(22,23)24/h3-7H,8H2,1-2H3. The SMILES string of the molecule is Cc1cccc(C)c1OCc1cc(OS(=O)(=O)C(F)(F)F)c(OS(=O)(=O)C(F)(F)F)cc1Br. The molecular weight excluding hydrogens is 574 g/mol. The molecule has 0 unspecified atom stereocenters. The van der Waals surface area contributed by atoms with Gasteiger partial charge >= 0.3 is 31.3 Å². The van der Waals surface area contributed by atoms with Crippen LogP contribution in [-0.2, 0) is 26.8 Å². The third-order valence-corrected chi connectivity index (χ3v) is 6.53. The topological polar surface area (TPSA) is 96.0 Å². The van der Waals surface area contributed by atoms with Crippen molar-refractivity contribution in [1.29, 1.82) is 0 Å². The summed E-state index contributed by atoms with van der Waals surface area (Å²) in [5.41, 5.74) is -10.7. The minimum absolute atomic E-state index is 0.0956. The molecule has 2 aromatic carbocycles. The molecule has 16 heteroatoms. The molecule has 0 spiro atoms. The van der Waals surface area contributed by atoms with Crippen LogP contribution in [-0.4, -0.2) is 27.9 Å². The molecule has 0 fully saturated rings. The highest BCUT2D eigenvalue weighted by Crippen LogP contribution is 2.40.